The minimum absolute atomic E-state index is 0.102. The van der Waals surface area contributed by atoms with Gasteiger partial charge in [-0.25, -0.2) is 4.79 Å². The van der Waals surface area contributed by atoms with Crippen LogP contribution in [0.4, 0.5) is 5.69 Å². The van der Waals surface area contributed by atoms with Crippen LogP contribution in [-0.4, -0.2) is 54.0 Å². The summed E-state index contributed by atoms with van der Waals surface area (Å²) in [5.41, 5.74) is 7.57. The van der Waals surface area contributed by atoms with Crippen LogP contribution in [0.3, 0.4) is 0 Å². The number of likely N-dealkylation sites (N-methyl/N-ethyl adjacent to an activating group) is 1. The van der Waals surface area contributed by atoms with Crippen molar-refractivity contribution < 1.29 is 29.0 Å². The van der Waals surface area contributed by atoms with Crippen LogP contribution in [0.5, 0.6) is 11.5 Å². The molecule has 7 rings (SSSR count). The average molecular weight is 735 g/mol. The van der Waals surface area contributed by atoms with Gasteiger partial charge in [-0.3, -0.25) is 14.5 Å². The van der Waals surface area contributed by atoms with Crippen LogP contribution in [-0.2, 0) is 38.5 Å². The minimum atomic E-state index is -0.934. The summed E-state index contributed by atoms with van der Waals surface area (Å²) in [5.74, 6) is -0.422. The van der Waals surface area contributed by atoms with Crippen molar-refractivity contribution in [3.05, 3.63) is 149 Å². The molecule has 10 heteroatoms. The lowest BCUT2D eigenvalue weighted by Crippen LogP contribution is -2.55. The maximum Gasteiger partial charge on any atom is 0.328 e. The molecule has 55 heavy (non-hydrogen) atoms. The zero-order valence-electron chi connectivity index (χ0n) is 30.9. The number of nitrogens with zero attached hydrogens (tertiary/aromatic N) is 3. The molecule has 0 spiro atoms. The highest BCUT2D eigenvalue weighted by atomic mass is 16.5. The number of phenols is 1. The van der Waals surface area contributed by atoms with E-state index in [-0.39, 0.29) is 30.0 Å². The topological polar surface area (TPSA) is 132 Å². The van der Waals surface area contributed by atoms with Gasteiger partial charge in [0.1, 0.15) is 17.5 Å². The first-order valence-corrected chi connectivity index (χ1v) is 18.3. The number of benzene rings is 5. The van der Waals surface area contributed by atoms with Gasteiger partial charge in [0.2, 0.25) is 12.0 Å². The van der Waals surface area contributed by atoms with Gasteiger partial charge in [0.25, 0.3) is 5.91 Å². The number of esters is 1. The number of rotatable bonds is 10. The van der Waals surface area contributed by atoms with Crippen molar-refractivity contribution in [3.8, 4) is 28.7 Å². The minimum Gasteiger partial charge on any atom is -0.508 e. The SMILES string of the molecule is CC[C@@H](c1ccccc1)N1Cc2cc3c(cc2C[C@H]1C(=O)NC(Cc1ccc(-c2ccc(C#N)cc2)cc1)C(=O)OC)N(C)C(=O)[C@H](c1ccc(O)cc1)O3. The van der Waals surface area contributed by atoms with Gasteiger partial charge >= 0.3 is 5.97 Å². The molecule has 2 aliphatic rings. The molecule has 2 N–H and O–H groups in total. The third kappa shape index (κ3) is 7.66. The maximum atomic E-state index is 14.5. The second-order valence-electron chi connectivity index (χ2n) is 14.0. The van der Waals surface area contributed by atoms with E-state index in [0.29, 0.717) is 35.5 Å². The fourth-order valence-corrected chi connectivity index (χ4v) is 7.63. The molecule has 0 fully saturated rings. The van der Waals surface area contributed by atoms with Crippen molar-refractivity contribution in [3.63, 3.8) is 0 Å². The van der Waals surface area contributed by atoms with Crippen molar-refractivity contribution in [1.82, 2.24) is 10.2 Å². The molecule has 5 aromatic carbocycles. The summed E-state index contributed by atoms with van der Waals surface area (Å²) >= 11 is 0. The van der Waals surface area contributed by atoms with E-state index in [0.717, 1.165) is 39.8 Å². The van der Waals surface area contributed by atoms with Crippen molar-refractivity contribution in [1.29, 1.82) is 5.26 Å². The quantitative estimate of drug-likeness (QED) is 0.150. The zero-order chi connectivity index (χ0) is 38.6. The lowest BCUT2D eigenvalue weighted by atomic mass is 9.88. The molecule has 278 valence electrons. The Kier molecular flexibility index (Phi) is 10.7. The number of carbonyl (C=O) groups is 3. The number of methoxy groups -OCH3 is 1. The highest BCUT2D eigenvalue weighted by Gasteiger charge is 2.40. The Balaban J connectivity index is 1.17. The molecular formula is C45H42N4O6. The smallest absolute Gasteiger partial charge is 0.328 e. The summed E-state index contributed by atoms with van der Waals surface area (Å²) in [6.07, 6.45) is 0.431. The van der Waals surface area contributed by atoms with Crippen molar-refractivity contribution in [2.75, 3.05) is 19.1 Å². The number of ether oxygens (including phenoxy) is 2. The second kappa shape index (κ2) is 15.9. The van der Waals surface area contributed by atoms with Gasteiger partial charge in [-0.15, -0.1) is 0 Å². The van der Waals surface area contributed by atoms with E-state index < -0.39 is 24.2 Å². The molecule has 5 aromatic rings. The molecule has 0 saturated heterocycles. The Morgan fingerprint density at radius 2 is 1.62 bits per heavy atom. The summed E-state index contributed by atoms with van der Waals surface area (Å²) in [6, 6.07) is 36.0. The Hall–Kier alpha value is -6.44. The molecule has 0 aliphatic carbocycles. The second-order valence-corrected chi connectivity index (χ2v) is 14.0. The predicted molar refractivity (Wildman–Crippen MR) is 208 cm³/mol. The number of hydrogen-bond acceptors (Lipinski definition) is 8. The van der Waals surface area contributed by atoms with Crippen LogP contribution in [0.25, 0.3) is 11.1 Å². The number of anilines is 1. The normalized spacial score (nSPS) is 17.5. The molecule has 4 atom stereocenters. The van der Waals surface area contributed by atoms with E-state index in [9.17, 15) is 19.5 Å². The van der Waals surface area contributed by atoms with Gasteiger partial charge in [0.05, 0.1) is 30.5 Å². The predicted octanol–water partition coefficient (Wildman–Crippen LogP) is 6.81. The number of amides is 2. The number of fused-ring (bicyclic) bond motifs is 2. The molecule has 0 bridgehead atoms. The molecule has 2 aliphatic heterocycles. The van der Waals surface area contributed by atoms with Crippen molar-refractivity contribution in [2.24, 2.45) is 0 Å². The fraction of sp³-hybridized carbons (Fsp3) is 0.244. The Morgan fingerprint density at radius 1 is 0.945 bits per heavy atom. The molecule has 0 aromatic heterocycles. The monoisotopic (exact) mass is 734 g/mol. The van der Waals surface area contributed by atoms with E-state index in [2.05, 4.69) is 35.3 Å². The van der Waals surface area contributed by atoms with Gasteiger partial charge in [-0.1, -0.05) is 85.8 Å². The number of aromatic hydroxyl groups is 1. The maximum absolute atomic E-state index is 14.5. The average Bonchev–Trinajstić information content (AvgIpc) is 3.22. The van der Waals surface area contributed by atoms with E-state index in [4.69, 9.17) is 14.7 Å². The summed E-state index contributed by atoms with van der Waals surface area (Å²) < 4.78 is 11.5. The van der Waals surface area contributed by atoms with Gasteiger partial charge in [0.15, 0.2) is 0 Å². The largest absolute Gasteiger partial charge is 0.508 e. The Morgan fingerprint density at radius 3 is 2.25 bits per heavy atom. The summed E-state index contributed by atoms with van der Waals surface area (Å²) in [4.78, 5) is 45.0. The van der Waals surface area contributed by atoms with Crippen molar-refractivity contribution >= 4 is 23.5 Å². The highest BCUT2D eigenvalue weighted by Crippen LogP contribution is 2.43. The van der Waals surface area contributed by atoms with Gasteiger partial charge in [-0.05, 0) is 82.6 Å². The first kappa shape index (κ1) is 36.9. The number of hydrogen-bond donors (Lipinski definition) is 2. The fourth-order valence-electron chi connectivity index (χ4n) is 7.63. The lowest BCUT2D eigenvalue weighted by Gasteiger charge is -2.42. The van der Waals surface area contributed by atoms with E-state index >= 15 is 0 Å². The molecule has 10 nitrogen and oxygen atoms in total. The number of phenolic OH excluding ortho intramolecular Hbond substituents is 1. The number of carbonyl (C=O) groups excluding carboxylic acids is 3. The lowest BCUT2D eigenvalue weighted by molar-refractivity contribution is -0.146. The molecule has 0 saturated carbocycles. The zero-order valence-corrected chi connectivity index (χ0v) is 30.9. The summed E-state index contributed by atoms with van der Waals surface area (Å²) in [5, 5.41) is 22.0. The molecule has 2 heterocycles. The van der Waals surface area contributed by atoms with E-state index in [1.165, 1.54) is 19.2 Å². The first-order valence-electron chi connectivity index (χ1n) is 18.3. The van der Waals surface area contributed by atoms with Gasteiger partial charge < -0.3 is 24.8 Å². The molecule has 2 amide bonds. The first-order chi connectivity index (χ1) is 26.7. The van der Waals surface area contributed by atoms with Gasteiger partial charge in [0, 0.05) is 31.6 Å². The third-order valence-corrected chi connectivity index (χ3v) is 10.6. The third-order valence-electron chi connectivity index (χ3n) is 10.6. The summed E-state index contributed by atoms with van der Waals surface area (Å²) in [6.45, 7) is 2.53. The van der Waals surface area contributed by atoms with E-state index in [1.807, 2.05) is 66.7 Å². The van der Waals surface area contributed by atoms with Gasteiger partial charge in [-0.2, -0.15) is 5.26 Å². The Labute approximate surface area is 320 Å². The number of nitriles is 1. The summed E-state index contributed by atoms with van der Waals surface area (Å²) in [7, 11) is 3.03. The molecular weight excluding hydrogens is 693 g/mol. The molecule has 1 unspecified atom stereocenters. The van der Waals surface area contributed by atoms with Crippen LogP contribution in [0, 0.1) is 11.3 Å². The van der Waals surface area contributed by atoms with Crippen LogP contribution in [0.2, 0.25) is 0 Å². The van der Waals surface area contributed by atoms with E-state index in [1.54, 1.807) is 36.2 Å². The van der Waals surface area contributed by atoms with Crippen LogP contribution >= 0.6 is 0 Å². The van der Waals surface area contributed by atoms with Crippen LogP contribution < -0.4 is 15.0 Å². The Bertz CT molecular complexity index is 2230. The standard InChI is InChI=1S/C45H42N4O6/c1-4-38(32-8-6-5-7-9-32)49-27-35-25-41-39(48(2)44(52)42(55-41)33-18-20-36(50)21-19-33)23-34(35)24-40(49)43(51)47-37(45(53)54-3)22-28-10-14-30(15-11-28)31-16-12-29(26-46)13-17-31/h5-21,23,25,37-38,40,42,50H,4,22,24,27H2,1-3H3,(H,47,51)/t37?,38-,40-,42-/m0/s1. The van der Waals surface area contributed by atoms with Crippen molar-refractivity contribution in [2.45, 2.75) is 57.0 Å². The molecule has 0 radical (unpaired) electrons. The highest BCUT2D eigenvalue weighted by molar-refractivity contribution is 6.00. The van der Waals surface area contributed by atoms with Crippen LogP contribution in [0.1, 0.15) is 58.9 Å². The number of nitrogens with one attached hydrogen (secondary N) is 1. The van der Waals surface area contributed by atoms with Crippen LogP contribution in [0.15, 0.2) is 115 Å².